The molecule has 0 spiro atoms. The van der Waals surface area contributed by atoms with Crippen LogP contribution in [-0.4, -0.2) is 64.6 Å². The molecule has 2 aliphatic rings. The van der Waals surface area contributed by atoms with Crippen LogP contribution in [0.2, 0.25) is 0 Å². The van der Waals surface area contributed by atoms with Gasteiger partial charge in [0.05, 0.1) is 0 Å². The summed E-state index contributed by atoms with van der Waals surface area (Å²) in [6, 6.07) is 13.1. The summed E-state index contributed by atoms with van der Waals surface area (Å²) in [5.74, 6) is 4.69. The number of thiophene rings is 2. The van der Waals surface area contributed by atoms with E-state index in [1.54, 1.807) is 22.7 Å². The molecule has 0 aromatic carbocycles. The summed E-state index contributed by atoms with van der Waals surface area (Å²) in [6.45, 7) is 16.9. The maximum atomic E-state index is 15.8. The monoisotopic (exact) mass is 1490 g/mol. The Morgan fingerprint density at radius 3 is 1.03 bits per heavy atom. The second-order valence-corrected chi connectivity index (χ2v) is 36.2. The van der Waals surface area contributed by atoms with Crippen molar-refractivity contribution in [3.8, 4) is 62.1 Å². The van der Waals surface area contributed by atoms with Gasteiger partial charge in [-0.25, -0.2) is 0 Å². The molecule has 6 aromatic rings. The maximum absolute atomic E-state index is 15.8. The fourth-order valence-corrected chi connectivity index (χ4v) is 21.8. The molecule has 6 aromatic heterocycles. The first-order valence-corrected chi connectivity index (χ1v) is 45.1. The van der Waals surface area contributed by atoms with E-state index in [1.807, 2.05) is 0 Å². The molecule has 2 atom stereocenters. The average Bonchev–Trinajstić information content (AvgIpc) is 1.23. The fraction of sp³-hybridized carbons (Fsp3) is 0.714. The number of hydrogen-bond acceptors (Lipinski definition) is 8. The zero-order valence-corrected chi connectivity index (χ0v) is 66.4. The van der Waals surface area contributed by atoms with Crippen molar-refractivity contribution < 1.29 is 18.9 Å². The molecule has 2 aliphatic heterocycles. The van der Waals surface area contributed by atoms with Crippen LogP contribution in [0.4, 0.5) is 0 Å². The number of unbranched alkanes of at least 4 members (excludes halogenated alkanes) is 34. The Morgan fingerprint density at radius 1 is 0.354 bits per heavy atom. The number of fused-ring (bicyclic) bond motifs is 3. The number of pyridine rings is 2. The normalized spacial score (nSPS) is 13.6. The molecule has 536 valence electrons. The van der Waals surface area contributed by atoms with Crippen molar-refractivity contribution in [2.75, 3.05) is 26.4 Å². The van der Waals surface area contributed by atoms with Crippen molar-refractivity contribution in [2.45, 2.75) is 350 Å². The minimum absolute atomic E-state index is 0.0722. The Kier molecular flexibility index (Phi) is 37.3. The van der Waals surface area contributed by atoms with Crippen LogP contribution in [0.1, 0.15) is 332 Å². The fourth-order valence-electron chi connectivity index (χ4n) is 15.2. The Hall–Kier alpha value is -3.24. The molecule has 0 saturated carbocycles. The minimum atomic E-state index is -0.215. The first kappa shape index (κ1) is 78.5. The van der Waals surface area contributed by atoms with Crippen molar-refractivity contribution >= 4 is 62.7 Å². The average molecular weight is 1490 g/mol. The van der Waals surface area contributed by atoms with Gasteiger partial charge in [-0.15, -0.1) is 0 Å². The van der Waals surface area contributed by atoms with E-state index in [9.17, 15) is 0 Å². The Morgan fingerprint density at radius 2 is 0.656 bits per heavy atom. The zero-order valence-electron chi connectivity index (χ0n) is 61.4. The van der Waals surface area contributed by atoms with E-state index in [4.69, 9.17) is 18.9 Å². The molecule has 0 bridgehead atoms. The van der Waals surface area contributed by atoms with Crippen LogP contribution < -0.4 is 30.1 Å². The van der Waals surface area contributed by atoms with E-state index < -0.39 is 0 Å². The summed E-state index contributed by atoms with van der Waals surface area (Å²) in [5.41, 5.74) is 3.55. The molecule has 8 rings (SSSR count). The van der Waals surface area contributed by atoms with Gasteiger partial charge < -0.3 is 0 Å². The first-order valence-electron chi connectivity index (χ1n) is 40.0. The van der Waals surface area contributed by atoms with Crippen molar-refractivity contribution in [1.82, 2.24) is 9.13 Å². The second-order valence-electron chi connectivity index (χ2n) is 29.0. The van der Waals surface area contributed by atoms with Crippen LogP contribution in [0, 0.1) is 25.7 Å². The van der Waals surface area contributed by atoms with Gasteiger partial charge in [0.2, 0.25) is 0 Å². The Labute approximate surface area is 603 Å². The third-order valence-corrected chi connectivity index (χ3v) is 28.2. The molecular formula is C84H130N2O6S2Se2. The molecule has 0 fully saturated rings. The first-order chi connectivity index (χ1) is 47.2. The molecule has 0 amide bonds. The number of rotatable bonds is 54. The van der Waals surface area contributed by atoms with Crippen LogP contribution in [0.15, 0.2) is 46.0 Å². The molecule has 0 aliphatic carbocycles. The van der Waals surface area contributed by atoms with Gasteiger partial charge in [-0.2, -0.15) is 0 Å². The number of aromatic nitrogens is 2. The third kappa shape index (κ3) is 25.1. The van der Waals surface area contributed by atoms with Crippen molar-refractivity contribution in [2.24, 2.45) is 11.8 Å². The van der Waals surface area contributed by atoms with Gasteiger partial charge in [0.25, 0.3) is 0 Å². The molecule has 2 unspecified atom stereocenters. The topological polar surface area (TPSA) is 80.9 Å². The predicted molar refractivity (Wildman–Crippen MR) is 417 cm³/mol. The van der Waals surface area contributed by atoms with Crippen LogP contribution >= 0.6 is 22.7 Å². The van der Waals surface area contributed by atoms with Gasteiger partial charge in [0.15, 0.2) is 0 Å². The van der Waals surface area contributed by atoms with E-state index >= 15 is 9.59 Å². The predicted octanol–water partition coefficient (Wildman–Crippen LogP) is 25.5. The smallest absolute Gasteiger partial charge is 0.0654 e. The van der Waals surface area contributed by atoms with Gasteiger partial charge in [-0.1, -0.05) is 207 Å². The summed E-state index contributed by atoms with van der Waals surface area (Å²) in [4.78, 5) is 35.6. The van der Waals surface area contributed by atoms with Crippen molar-refractivity contribution in [3.05, 3.63) is 66.4 Å². The summed E-state index contributed by atoms with van der Waals surface area (Å²) in [7, 11) is 0. The molecule has 8 heterocycles. The van der Waals surface area contributed by atoms with Crippen LogP contribution in [0.5, 0.6) is 23.0 Å². The van der Waals surface area contributed by atoms with Gasteiger partial charge in [-0.3, -0.25) is 0 Å². The molecule has 12 heteroatoms. The number of ether oxygens (including phenoxy) is 4. The van der Waals surface area contributed by atoms with E-state index in [0.717, 1.165) is 111 Å². The molecule has 8 nitrogen and oxygen atoms in total. The van der Waals surface area contributed by atoms with E-state index in [0.29, 0.717) is 39.5 Å². The summed E-state index contributed by atoms with van der Waals surface area (Å²) in [6.07, 6.45) is 61.3. The summed E-state index contributed by atoms with van der Waals surface area (Å²) in [5, 5.41) is 0. The van der Waals surface area contributed by atoms with Crippen LogP contribution in [-0.2, 0) is 13.1 Å². The molecule has 0 saturated heterocycles. The minimum Gasteiger partial charge on any atom is -0.0654 e. The Bertz CT molecular complexity index is 3230. The van der Waals surface area contributed by atoms with E-state index in [1.165, 1.54) is 279 Å². The summed E-state index contributed by atoms with van der Waals surface area (Å²) >= 11 is 3.26. The SMILES string of the molecule is CCCCCCCCCCCCC(CCCCCCCCCC)CCCCn1c(=O)c(-c2ccc(C)[se]2)cc2c1cc(-c1ccc(-c3sc(-c4sc(C)c5c4OCCO5)c4c3OCCO4)[se]1)c(=O)n2CCCCC(CCCCCCCCCC)CCCCCCCCCCCC. The number of aryl methyl sites for hydroxylation is 4. The van der Waals surface area contributed by atoms with Crippen LogP contribution in [0.3, 0.4) is 0 Å². The van der Waals surface area contributed by atoms with Crippen molar-refractivity contribution in [3.63, 3.8) is 0 Å². The molecule has 96 heavy (non-hydrogen) atoms. The quantitative estimate of drug-likeness (QED) is 0.0280. The zero-order chi connectivity index (χ0) is 67.4. The third-order valence-electron chi connectivity index (χ3n) is 21.0. The van der Waals surface area contributed by atoms with E-state index in [-0.39, 0.29) is 40.1 Å². The van der Waals surface area contributed by atoms with Gasteiger partial charge >= 0.3 is 400 Å². The van der Waals surface area contributed by atoms with E-state index in [2.05, 4.69) is 87.1 Å². The second kappa shape index (κ2) is 45.6. The Balaban J connectivity index is 1.06. The molecule has 0 N–H and O–H groups in total. The van der Waals surface area contributed by atoms with Gasteiger partial charge in [-0.05, 0) is 0 Å². The number of nitrogens with zero attached hydrogens (tertiary/aromatic N) is 2. The van der Waals surface area contributed by atoms with Gasteiger partial charge in [0.1, 0.15) is 0 Å². The standard InChI is InChI=1S/C84H130N2O6S2Se2/c1-7-11-15-19-23-27-29-33-37-41-49-67(47-39-35-31-25-21-17-13-9-3)51-43-45-57-85-72-64-70(74-55-56-75(96-74)80-78-79(92-62-61-91-78)82(94-80)81-77-76(66(6)93-81)89-59-60-90-77)84(88)86(71(72)63-69(83(85)87)73-54-53-65(5)95-73)58-46-44-52-68(48-40-36-32-26-22-18-14-10-4)50-42-38-34-30-28-24-20-16-12-8-2/h53-56,63-64,67-68H,7-52,57-62H2,1-6H3. The number of hydrogen-bond donors (Lipinski definition) is 0. The van der Waals surface area contributed by atoms with Gasteiger partial charge in [0, 0.05) is 0 Å². The molecular weight excluding hydrogens is 1350 g/mol. The van der Waals surface area contributed by atoms with Crippen molar-refractivity contribution in [1.29, 1.82) is 0 Å². The molecule has 0 radical (unpaired) electrons. The summed E-state index contributed by atoms with van der Waals surface area (Å²) < 4.78 is 34.4. The van der Waals surface area contributed by atoms with Crippen LogP contribution in [0.25, 0.3) is 50.1 Å².